The van der Waals surface area contributed by atoms with Crippen molar-refractivity contribution in [3.05, 3.63) is 34.6 Å². The molecule has 0 saturated heterocycles. The molecule has 0 bridgehead atoms. The molecule has 1 aromatic carbocycles. The van der Waals surface area contributed by atoms with Crippen LogP contribution in [0.4, 0.5) is 0 Å². The third kappa shape index (κ3) is 2.85. The van der Waals surface area contributed by atoms with Gasteiger partial charge in [-0.25, -0.2) is 0 Å². The van der Waals surface area contributed by atoms with Crippen LogP contribution in [0.2, 0.25) is 5.02 Å². The fraction of sp³-hybridized carbons (Fsp3) is 0.333. The van der Waals surface area contributed by atoms with Gasteiger partial charge in [0.1, 0.15) is 5.82 Å². The normalized spacial score (nSPS) is 10.9. The van der Waals surface area contributed by atoms with Crippen molar-refractivity contribution in [1.82, 2.24) is 20.1 Å². The van der Waals surface area contributed by atoms with Crippen molar-refractivity contribution in [2.45, 2.75) is 23.5 Å². The molecule has 96 valence electrons. The smallest absolute Gasteiger partial charge is 0.195 e. The summed E-state index contributed by atoms with van der Waals surface area (Å²) in [4.78, 5) is 1.10. The van der Waals surface area contributed by atoms with E-state index in [0.717, 1.165) is 27.4 Å². The number of rotatable bonds is 4. The molecule has 0 amide bonds. The minimum atomic E-state index is 0.733. The fourth-order valence-corrected chi connectivity index (χ4v) is 2.78. The first-order chi connectivity index (χ1) is 8.61. The predicted octanol–water partition coefficient (Wildman–Crippen LogP) is 2.65. The molecule has 0 aliphatic heterocycles. The summed E-state index contributed by atoms with van der Waals surface area (Å²) in [6.45, 7) is 2.74. The van der Waals surface area contributed by atoms with Crippen molar-refractivity contribution in [3.63, 3.8) is 0 Å². The first-order valence-corrected chi connectivity index (χ1v) is 6.78. The van der Waals surface area contributed by atoms with E-state index in [1.807, 2.05) is 43.8 Å². The highest BCUT2D eigenvalue weighted by atomic mass is 35.5. The van der Waals surface area contributed by atoms with E-state index in [2.05, 4.69) is 15.5 Å². The Balaban J connectivity index is 2.32. The highest BCUT2D eigenvalue weighted by Gasteiger charge is 2.10. The summed E-state index contributed by atoms with van der Waals surface area (Å²) in [7, 11) is 3.88. The van der Waals surface area contributed by atoms with Crippen molar-refractivity contribution in [2.24, 2.45) is 7.05 Å². The molecule has 0 atom stereocenters. The molecule has 1 heterocycles. The second-order valence-corrected chi connectivity index (χ2v) is 5.42. The van der Waals surface area contributed by atoms with Crippen LogP contribution in [0.5, 0.6) is 0 Å². The summed E-state index contributed by atoms with van der Waals surface area (Å²) < 4.78 is 1.97. The van der Waals surface area contributed by atoms with Gasteiger partial charge in [-0.1, -0.05) is 17.7 Å². The molecule has 0 aliphatic rings. The van der Waals surface area contributed by atoms with Crippen molar-refractivity contribution >= 4 is 23.4 Å². The Bertz CT molecular complexity index is 553. The average Bonchev–Trinajstić information content (AvgIpc) is 2.65. The number of hydrogen-bond acceptors (Lipinski definition) is 4. The van der Waals surface area contributed by atoms with E-state index in [0.29, 0.717) is 0 Å². The standard InChI is InChI=1S/C12H15ClN4S/c1-8-15-16-12(17(8)3)18-11-6-10(13)5-4-9(11)7-14-2/h4-6,14H,7H2,1-3H3. The molecule has 0 fully saturated rings. The zero-order valence-electron chi connectivity index (χ0n) is 10.6. The van der Waals surface area contributed by atoms with Crippen LogP contribution in [-0.2, 0) is 13.6 Å². The van der Waals surface area contributed by atoms with Gasteiger partial charge in [0.2, 0.25) is 0 Å². The van der Waals surface area contributed by atoms with Crippen LogP contribution in [0.3, 0.4) is 0 Å². The SMILES string of the molecule is CNCc1ccc(Cl)cc1Sc1nnc(C)n1C. The van der Waals surface area contributed by atoms with Gasteiger partial charge in [0, 0.05) is 23.5 Å². The molecule has 0 aliphatic carbocycles. The third-order valence-corrected chi connectivity index (χ3v) is 4.02. The van der Waals surface area contributed by atoms with Crippen LogP contribution in [0.15, 0.2) is 28.3 Å². The van der Waals surface area contributed by atoms with Crippen molar-refractivity contribution < 1.29 is 0 Å². The van der Waals surface area contributed by atoms with E-state index >= 15 is 0 Å². The van der Waals surface area contributed by atoms with Gasteiger partial charge in [-0.3, -0.25) is 0 Å². The Morgan fingerprint density at radius 1 is 1.39 bits per heavy atom. The molecule has 18 heavy (non-hydrogen) atoms. The largest absolute Gasteiger partial charge is 0.316 e. The van der Waals surface area contributed by atoms with E-state index in [4.69, 9.17) is 11.6 Å². The van der Waals surface area contributed by atoms with E-state index in [-0.39, 0.29) is 0 Å². The maximum absolute atomic E-state index is 6.05. The van der Waals surface area contributed by atoms with E-state index in [9.17, 15) is 0 Å². The maximum Gasteiger partial charge on any atom is 0.195 e. The summed E-state index contributed by atoms with van der Waals surface area (Å²) >= 11 is 7.63. The van der Waals surface area contributed by atoms with E-state index < -0.39 is 0 Å². The summed E-state index contributed by atoms with van der Waals surface area (Å²) in [5.74, 6) is 0.898. The Kier molecular flexibility index (Phi) is 4.27. The van der Waals surface area contributed by atoms with Gasteiger partial charge >= 0.3 is 0 Å². The molecule has 1 aromatic heterocycles. The van der Waals surface area contributed by atoms with Gasteiger partial charge in [0.05, 0.1) is 0 Å². The van der Waals surface area contributed by atoms with Crippen LogP contribution in [0.25, 0.3) is 0 Å². The molecule has 2 rings (SSSR count). The maximum atomic E-state index is 6.05. The summed E-state index contributed by atoms with van der Waals surface area (Å²) in [6.07, 6.45) is 0. The van der Waals surface area contributed by atoms with Gasteiger partial charge in [-0.05, 0) is 43.4 Å². The molecule has 0 spiro atoms. The summed E-state index contributed by atoms with van der Waals surface area (Å²) in [6, 6.07) is 5.90. The third-order valence-electron chi connectivity index (χ3n) is 2.65. The Morgan fingerprint density at radius 3 is 2.78 bits per heavy atom. The fourth-order valence-electron chi connectivity index (χ4n) is 1.53. The number of nitrogens with zero attached hydrogens (tertiary/aromatic N) is 3. The summed E-state index contributed by atoms with van der Waals surface area (Å²) in [5, 5.41) is 13.0. The van der Waals surface area contributed by atoms with Gasteiger partial charge in [-0.15, -0.1) is 10.2 Å². The predicted molar refractivity (Wildman–Crippen MR) is 74.1 cm³/mol. The molecule has 6 heteroatoms. The van der Waals surface area contributed by atoms with Crippen LogP contribution in [0.1, 0.15) is 11.4 Å². The van der Waals surface area contributed by atoms with Gasteiger partial charge in [-0.2, -0.15) is 0 Å². The average molecular weight is 283 g/mol. The molecule has 4 nitrogen and oxygen atoms in total. The van der Waals surface area contributed by atoms with Gasteiger partial charge in [0.25, 0.3) is 0 Å². The molecule has 0 saturated carbocycles. The lowest BCUT2D eigenvalue weighted by Gasteiger charge is -2.09. The lowest BCUT2D eigenvalue weighted by Crippen LogP contribution is -2.06. The number of nitrogens with one attached hydrogen (secondary N) is 1. The minimum Gasteiger partial charge on any atom is -0.316 e. The molecule has 1 N–H and O–H groups in total. The van der Waals surface area contributed by atoms with Crippen LogP contribution in [0, 0.1) is 6.92 Å². The molecular weight excluding hydrogens is 268 g/mol. The van der Waals surface area contributed by atoms with Crippen molar-refractivity contribution in [2.75, 3.05) is 7.05 Å². The van der Waals surface area contributed by atoms with E-state index in [1.165, 1.54) is 5.56 Å². The lowest BCUT2D eigenvalue weighted by atomic mass is 10.2. The number of aryl methyl sites for hydroxylation is 1. The highest BCUT2D eigenvalue weighted by molar-refractivity contribution is 7.99. The van der Waals surface area contributed by atoms with Crippen LogP contribution in [-0.4, -0.2) is 21.8 Å². The Morgan fingerprint density at radius 2 is 2.17 bits per heavy atom. The minimum absolute atomic E-state index is 0.733. The molecular formula is C12H15ClN4S. The van der Waals surface area contributed by atoms with Gasteiger partial charge in [0.15, 0.2) is 5.16 Å². The van der Waals surface area contributed by atoms with Crippen molar-refractivity contribution in [3.8, 4) is 0 Å². The monoisotopic (exact) mass is 282 g/mol. The topological polar surface area (TPSA) is 42.7 Å². The lowest BCUT2D eigenvalue weighted by molar-refractivity contribution is 0.763. The van der Waals surface area contributed by atoms with E-state index in [1.54, 1.807) is 11.8 Å². The van der Waals surface area contributed by atoms with Crippen molar-refractivity contribution in [1.29, 1.82) is 0 Å². The second-order valence-electron chi connectivity index (χ2n) is 3.97. The highest BCUT2D eigenvalue weighted by Crippen LogP contribution is 2.31. The zero-order valence-corrected chi connectivity index (χ0v) is 12.1. The number of benzene rings is 1. The van der Waals surface area contributed by atoms with Gasteiger partial charge < -0.3 is 9.88 Å². The molecule has 0 unspecified atom stereocenters. The zero-order chi connectivity index (χ0) is 13.1. The number of hydrogen-bond donors (Lipinski definition) is 1. The molecule has 2 aromatic rings. The number of aromatic nitrogens is 3. The first-order valence-electron chi connectivity index (χ1n) is 5.58. The van der Waals surface area contributed by atoms with Crippen LogP contribution >= 0.6 is 23.4 Å². The molecule has 0 radical (unpaired) electrons. The Labute approximate surface area is 116 Å². The quantitative estimate of drug-likeness (QED) is 0.936. The summed E-state index contributed by atoms with van der Waals surface area (Å²) in [5.41, 5.74) is 1.20. The Hall–Kier alpha value is -1.04. The first kappa shape index (κ1) is 13.4. The van der Waals surface area contributed by atoms with Crippen LogP contribution < -0.4 is 5.32 Å². The second kappa shape index (κ2) is 5.73. The number of halogens is 1.